The van der Waals surface area contributed by atoms with Crippen molar-refractivity contribution in [3.63, 3.8) is 0 Å². The second-order valence-electron chi connectivity index (χ2n) is 6.45. The first-order chi connectivity index (χ1) is 11.7. The van der Waals surface area contributed by atoms with Gasteiger partial charge >= 0.3 is 0 Å². The number of nitrogens with one attached hydrogen (secondary N) is 1. The van der Waals surface area contributed by atoms with Crippen molar-refractivity contribution in [3.8, 4) is 11.5 Å². The summed E-state index contributed by atoms with van der Waals surface area (Å²) >= 11 is 1.31. The standard InChI is InChI=1S/C17H21N3O3S/c1-22-13-7-11-15(8-14(13)23-2)24-19-16(11)17(21)18-12-9-20-5-3-10(12)4-6-20/h7-8,10,12H,3-6,9H2,1-2H3,(H,18,21)/t12-/m1/s1. The molecule has 1 aromatic heterocycles. The smallest absolute Gasteiger partial charge is 0.271 e. The van der Waals surface area contributed by atoms with Crippen LogP contribution in [0, 0.1) is 5.92 Å². The number of piperidine rings is 3. The molecule has 4 heterocycles. The Morgan fingerprint density at radius 1 is 1.25 bits per heavy atom. The average Bonchev–Trinajstić information content (AvgIpc) is 3.04. The Kier molecular flexibility index (Phi) is 4.05. The number of benzene rings is 1. The maximum atomic E-state index is 12.8. The summed E-state index contributed by atoms with van der Waals surface area (Å²) in [5, 5.41) is 4.02. The molecule has 3 fully saturated rings. The molecule has 1 N–H and O–H groups in total. The largest absolute Gasteiger partial charge is 0.493 e. The second kappa shape index (κ2) is 6.22. The fraction of sp³-hybridized carbons (Fsp3) is 0.529. The van der Waals surface area contributed by atoms with Crippen LogP contribution in [0.3, 0.4) is 0 Å². The number of ether oxygens (including phenoxy) is 2. The van der Waals surface area contributed by atoms with E-state index in [1.54, 1.807) is 14.2 Å². The molecule has 5 rings (SSSR count). The lowest BCUT2D eigenvalue weighted by atomic mass is 9.84. The lowest BCUT2D eigenvalue weighted by molar-refractivity contribution is 0.0619. The first-order valence-corrected chi connectivity index (χ1v) is 9.01. The van der Waals surface area contributed by atoms with Crippen LogP contribution in [0.15, 0.2) is 12.1 Å². The van der Waals surface area contributed by atoms with Gasteiger partial charge in [-0.05, 0) is 49.4 Å². The topological polar surface area (TPSA) is 63.7 Å². The quantitative estimate of drug-likeness (QED) is 0.918. The van der Waals surface area contributed by atoms with Crippen LogP contribution in [0.25, 0.3) is 10.1 Å². The molecule has 1 aromatic carbocycles. The highest BCUT2D eigenvalue weighted by Crippen LogP contribution is 2.35. The average molecular weight is 347 g/mol. The number of carbonyl (C=O) groups excluding carboxylic acids is 1. The van der Waals surface area contributed by atoms with Gasteiger partial charge in [0.1, 0.15) is 5.69 Å². The maximum absolute atomic E-state index is 12.8. The summed E-state index contributed by atoms with van der Waals surface area (Å²) in [6, 6.07) is 3.94. The van der Waals surface area contributed by atoms with Gasteiger partial charge in [-0.25, -0.2) is 0 Å². The van der Waals surface area contributed by atoms with E-state index in [1.165, 1.54) is 24.4 Å². The molecular weight excluding hydrogens is 326 g/mol. The number of nitrogens with zero attached hydrogens (tertiary/aromatic N) is 2. The van der Waals surface area contributed by atoms with E-state index >= 15 is 0 Å². The van der Waals surface area contributed by atoms with Gasteiger partial charge in [0, 0.05) is 24.0 Å². The molecule has 7 heteroatoms. The molecule has 24 heavy (non-hydrogen) atoms. The molecule has 128 valence electrons. The summed E-state index contributed by atoms with van der Waals surface area (Å²) in [6.07, 6.45) is 2.35. The van der Waals surface area contributed by atoms with Gasteiger partial charge in [0.2, 0.25) is 0 Å². The van der Waals surface area contributed by atoms with Crippen molar-refractivity contribution in [2.45, 2.75) is 18.9 Å². The molecule has 1 amide bonds. The molecule has 0 unspecified atom stereocenters. The summed E-state index contributed by atoms with van der Waals surface area (Å²) in [6.45, 7) is 3.27. The number of hydrogen-bond donors (Lipinski definition) is 1. The fourth-order valence-corrected chi connectivity index (χ4v) is 4.58. The zero-order valence-corrected chi connectivity index (χ0v) is 14.7. The van der Waals surface area contributed by atoms with Crippen LogP contribution in [0.2, 0.25) is 0 Å². The summed E-state index contributed by atoms with van der Waals surface area (Å²) in [5.41, 5.74) is 0.479. The molecule has 1 atom stereocenters. The molecule has 2 aromatic rings. The zero-order chi connectivity index (χ0) is 16.7. The van der Waals surface area contributed by atoms with Crippen molar-refractivity contribution < 1.29 is 14.3 Å². The van der Waals surface area contributed by atoms with Gasteiger partial charge in [-0.2, -0.15) is 4.37 Å². The van der Waals surface area contributed by atoms with Crippen molar-refractivity contribution in [1.82, 2.24) is 14.6 Å². The highest BCUT2D eigenvalue weighted by atomic mass is 32.1. The Hall–Kier alpha value is -1.86. The lowest BCUT2D eigenvalue weighted by Crippen LogP contribution is -2.57. The number of carbonyl (C=O) groups is 1. The van der Waals surface area contributed by atoms with Gasteiger partial charge < -0.3 is 19.7 Å². The van der Waals surface area contributed by atoms with Gasteiger partial charge in [-0.1, -0.05) is 0 Å². The van der Waals surface area contributed by atoms with E-state index in [9.17, 15) is 4.79 Å². The molecule has 0 aliphatic carbocycles. The summed E-state index contributed by atoms with van der Waals surface area (Å²) in [7, 11) is 3.20. The molecule has 0 saturated carbocycles. The van der Waals surface area contributed by atoms with Gasteiger partial charge in [-0.15, -0.1) is 0 Å². The SMILES string of the molecule is COc1cc2snc(C(=O)N[C@@H]3CN4CCC3CC4)c2cc1OC. The highest BCUT2D eigenvalue weighted by molar-refractivity contribution is 7.13. The van der Waals surface area contributed by atoms with E-state index in [2.05, 4.69) is 14.6 Å². The van der Waals surface area contributed by atoms with Crippen molar-refractivity contribution in [1.29, 1.82) is 0 Å². The van der Waals surface area contributed by atoms with E-state index in [-0.39, 0.29) is 11.9 Å². The molecular formula is C17H21N3O3S. The second-order valence-corrected chi connectivity index (χ2v) is 7.26. The highest BCUT2D eigenvalue weighted by Gasteiger charge is 2.35. The molecule has 0 spiro atoms. The molecule has 6 nitrogen and oxygen atoms in total. The van der Waals surface area contributed by atoms with Crippen molar-refractivity contribution in [2.24, 2.45) is 5.92 Å². The fourth-order valence-electron chi connectivity index (χ4n) is 3.79. The minimum atomic E-state index is -0.0905. The van der Waals surface area contributed by atoms with Crippen LogP contribution >= 0.6 is 11.5 Å². The van der Waals surface area contributed by atoms with Crippen LogP contribution in [0.5, 0.6) is 11.5 Å². The van der Waals surface area contributed by atoms with Crippen molar-refractivity contribution >= 4 is 27.5 Å². The Bertz CT molecular complexity index is 768. The number of hydrogen-bond acceptors (Lipinski definition) is 6. The van der Waals surface area contributed by atoms with E-state index < -0.39 is 0 Å². The third-order valence-electron chi connectivity index (χ3n) is 5.16. The van der Waals surface area contributed by atoms with Gasteiger partial charge in [-0.3, -0.25) is 4.79 Å². The Balaban J connectivity index is 1.60. The van der Waals surface area contributed by atoms with E-state index in [0.717, 1.165) is 29.7 Å². The van der Waals surface area contributed by atoms with Crippen LogP contribution in [0.1, 0.15) is 23.3 Å². The van der Waals surface area contributed by atoms with Gasteiger partial charge in [0.05, 0.1) is 18.9 Å². The van der Waals surface area contributed by atoms with Gasteiger partial charge in [0.15, 0.2) is 11.5 Å². The lowest BCUT2D eigenvalue weighted by Gasteiger charge is -2.44. The number of amides is 1. The number of methoxy groups -OCH3 is 2. The molecule has 3 saturated heterocycles. The first kappa shape index (κ1) is 15.7. The predicted molar refractivity (Wildman–Crippen MR) is 93.1 cm³/mol. The Morgan fingerprint density at radius 2 is 1.96 bits per heavy atom. The van der Waals surface area contributed by atoms with Crippen LogP contribution in [0.4, 0.5) is 0 Å². The predicted octanol–water partition coefficient (Wildman–Crippen LogP) is 2.14. The summed E-state index contributed by atoms with van der Waals surface area (Å²) in [5.74, 6) is 1.77. The van der Waals surface area contributed by atoms with Crippen LogP contribution < -0.4 is 14.8 Å². The number of aromatic nitrogens is 1. The summed E-state index contributed by atoms with van der Waals surface area (Å²) < 4.78 is 16.0. The van der Waals surface area contributed by atoms with E-state index in [4.69, 9.17) is 9.47 Å². The minimum Gasteiger partial charge on any atom is -0.493 e. The first-order valence-electron chi connectivity index (χ1n) is 8.24. The van der Waals surface area contributed by atoms with Crippen LogP contribution in [-0.4, -0.2) is 55.1 Å². The molecule has 3 aliphatic heterocycles. The molecule has 3 aliphatic rings. The Morgan fingerprint density at radius 3 is 2.58 bits per heavy atom. The minimum absolute atomic E-state index is 0.0905. The normalized spacial score (nSPS) is 25.7. The van der Waals surface area contributed by atoms with E-state index in [0.29, 0.717) is 23.1 Å². The van der Waals surface area contributed by atoms with Crippen LogP contribution in [-0.2, 0) is 0 Å². The van der Waals surface area contributed by atoms with Crippen molar-refractivity contribution in [3.05, 3.63) is 17.8 Å². The summed E-state index contributed by atoms with van der Waals surface area (Å²) in [4.78, 5) is 15.2. The zero-order valence-electron chi connectivity index (χ0n) is 13.9. The number of rotatable bonds is 4. The maximum Gasteiger partial charge on any atom is 0.271 e. The third-order valence-corrected chi connectivity index (χ3v) is 5.97. The van der Waals surface area contributed by atoms with E-state index in [1.807, 2.05) is 12.1 Å². The molecule has 2 bridgehead atoms. The monoisotopic (exact) mass is 347 g/mol. The molecule has 0 radical (unpaired) electrons. The Labute approximate surface area is 144 Å². The van der Waals surface area contributed by atoms with Gasteiger partial charge in [0.25, 0.3) is 5.91 Å². The number of fused-ring (bicyclic) bond motifs is 4. The third kappa shape index (κ3) is 2.61. The van der Waals surface area contributed by atoms with Crippen molar-refractivity contribution in [2.75, 3.05) is 33.9 Å².